The van der Waals surface area contributed by atoms with Crippen LogP contribution in [-0.2, 0) is 6.42 Å². The molecule has 0 aliphatic carbocycles. The number of nitrogens with zero attached hydrogens (tertiary/aromatic N) is 1. The number of benzene rings is 4. The lowest BCUT2D eigenvalue weighted by molar-refractivity contribution is 0.685. The molecule has 0 saturated heterocycles. The summed E-state index contributed by atoms with van der Waals surface area (Å²) in [5, 5.41) is 4.24. The summed E-state index contributed by atoms with van der Waals surface area (Å²) in [4.78, 5) is 0. The lowest BCUT2D eigenvalue weighted by Gasteiger charge is -2.39. The zero-order valence-electron chi connectivity index (χ0n) is 17.4. The first-order chi connectivity index (χ1) is 14.9. The zero-order valence-corrected chi connectivity index (χ0v) is 18.3. The van der Waals surface area contributed by atoms with Crippen LogP contribution in [0.5, 0.6) is 0 Å². The summed E-state index contributed by atoms with van der Waals surface area (Å²) in [6.45, 7) is 2.33. The third-order valence-electron chi connectivity index (χ3n) is 6.22. The number of hydrogen-bond acceptors (Lipinski definition) is 1. The number of hydrogen-bond donors (Lipinski definition) is 0. The van der Waals surface area contributed by atoms with Crippen molar-refractivity contribution in [3.05, 3.63) is 121 Å². The fourth-order valence-corrected chi connectivity index (χ4v) is 9.62. The fraction of sp³-hybridized carbons (Fsp3) is 0.143. The molecule has 2 heteroatoms. The maximum Gasteiger partial charge on any atom is 0.202 e. The van der Waals surface area contributed by atoms with Gasteiger partial charge in [0.15, 0.2) is 0 Å². The van der Waals surface area contributed by atoms with Gasteiger partial charge in [0.2, 0.25) is 7.41 Å². The molecule has 0 spiro atoms. The summed E-state index contributed by atoms with van der Waals surface area (Å²) >= 11 is 0. The summed E-state index contributed by atoms with van der Waals surface area (Å²) in [5.74, 6) is 0. The molecule has 1 unspecified atom stereocenters. The van der Waals surface area contributed by atoms with Gasteiger partial charge in [-0.3, -0.25) is 0 Å². The van der Waals surface area contributed by atoms with E-state index < -0.39 is 7.41 Å². The average molecular weight is 409 g/mol. The maximum atomic E-state index is 2.81. The Balaban J connectivity index is 1.90. The molecule has 4 aromatic carbocycles. The molecule has 0 aromatic heterocycles. The van der Waals surface area contributed by atoms with E-state index in [9.17, 15) is 0 Å². The van der Waals surface area contributed by atoms with Gasteiger partial charge in [-0.2, -0.15) is 0 Å². The van der Waals surface area contributed by atoms with Crippen molar-refractivity contribution in [1.29, 1.82) is 0 Å². The summed E-state index contributed by atoms with van der Waals surface area (Å²) < 4.78 is 2.81. The van der Waals surface area contributed by atoms with Crippen LogP contribution in [0.25, 0.3) is 0 Å². The molecule has 5 rings (SSSR count). The predicted molar refractivity (Wildman–Crippen MR) is 132 cm³/mol. The van der Waals surface area contributed by atoms with E-state index in [1.54, 1.807) is 0 Å². The molecule has 1 nitrogen and oxygen atoms in total. The Bertz CT molecular complexity index is 1010. The maximum absolute atomic E-state index is 2.81. The van der Waals surface area contributed by atoms with Crippen molar-refractivity contribution in [2.24, 2.45) is 0 Å². The van der Waals surface area contributed by atoms with Crippen LogP contribution < -0.4 is 20.6 Å². The molecule has 0 saturated carbocycles. The van der Waals surface area contributed by atoms with Crippen molar-refractivity contribution in [3.63, 3.8) is 0 Å². The van der Waals surface area contributed by atoms with Gasteiger partial charge in [0.25, 0.3) is 0 Å². The van der Waals surface area contributed by atoms with Crippen LogP contribution >= 0.6 is 7.41 Å². The van der Waals surface area contributed by atoms with Crippen molar-refractivity contribution in [1.82, 2.24) is 0 Å². The first-order valence-corrected chi connectivity index (χ1v) is 12.5. The summed E-state index contributed by atoms with van der Waals surface area (Å²) in [7, 11) is -2.07. The average Bonchev–Trinajstić information content (AvgIpc) is 3.21. The third-order valence-corrected chi connectivity index (χ3v) is 10.5. The van der Waals surface area contributed by atoms with E-state index in [4.69, 9.17) is 0 Å². The third kappa shape index (κ3) is 2.97. The normalized spacial score (nSPS) is 15.8. The molecule has 148 valence electrons. The molecule has 30 heavy (non-hydrogen) atoms. The highest BCUT2D eigenvalue weighted by molar-refractivity contribution is 7.97. The molecule has 0 radical (unpaired) electrons. The minimum Gasteiger partial charge on any atom is -0.231 e. The second-order valence-corrected chi connectivity index (χ2v) is 11.1. The van der Waals surface area contributed by atoms with E-state index in [-0.39, 0.29) is 0 Å². The highest BCUT2D eigenvalue weighted by atomic mass is 31.2. The van der Waals surface area contributed by atoms with Crippen LogP contribution in [0.2, 0.25) is 0 Å². The van der Waals surface area contributed by atoms with Crippen LogP contribution in [0, 0.1) is 0 Å². The fourth-order valence-electron chi connectivity index (χ4n) is 4.92. The van der Waals surface area contributed by atoms with Gasteiger partial charge in [0.05, 0.1) is 11.7 Å². The molecule has 0 amide bonds. The van der Waals surface area contributed by atoms with E-state index in [1.165, 1.54) is 27.2 Å². The van der Waals surface area contributed by atoms with E-state index >= 15 is 0 Å². The Morgan fingerprint density at radius 3 is 1.53 bits per heavy atom. The van der Waals surface area contributed by atoms with Crippen LogP contribution in [0.15, 0.2) is 115 Å². The molecule has 0 N–H and O–H groups in total. The van der Waals surface area contributed by atoms with Crippen LogP contribution in [0.4, 0.5) is 5.69 Å². The highest BCUT2D eigenvalue weighted by Crippen LogP contribution is 2.64. The van der Waals surface area contributed by atoms with E-state index in [0.29, 0.717) is 6.04 Å². The predicted octanol–water partition coefficient (Wildman–Crippen LogP) is 5.74. The number of anilines is 1. The lowest BCUT2D eigenvalue weighted by atomic mass is 10.1. The Kier molecular flexibility index (Phi) is 5.15. The number of fused-ring (bicyclic) bond motifs is 1. The topological polar surface area (TPSA) is 3.24 Å². The van der Waals surface area contributed by atoms with Crippen molar-refractivity contribution in [3.8, 4) is 0 Å². The first kappa shape index (κ1) is 19.1. The molecule has 1 aliphatic rings. The Morgan fingerprint density at radius 1 is 0.633 bits per heavy atom. The Morgan fingerprint density at radius 2 is 1.07 bits per heavy atom. The minimum absolute atomic E-state index is 0.483. The highest BCUT2D eigenvalue weighted by Gasteiger charge is 2.56. The van der Waals surface area contributed by atoms with Gasteiger partial charge in [-0.1, -0.05) is 79.7 Å². The Labute approximate surface area is 180 Å². The first-order valence-electron chi connectivity index (χ1n) is 10.8. The molecule has 1 aliphatic heterocycles. The quantitative estimate of drug-likeness (QED) is 0.381. The van der Waals surface area contributed by atoms with Crippen molar-refractivity contribution < 1.29 is 0 Å². The zero-order chi connectivity index (χ0) is 20.4. The molecular formula is C28H27NP+. The lowest BCUT2D eigenvalue weighted by Crippen LogP contribution is -2.46. The second kappa shape index (κ2) is 8.09. The number of rotatable bonds is 5. The molecule has 4 aromatic rings. The van der Waals surface area contributed by atoms with Gasteiger partial charge in [0, 0.05) is 0 Å². The molecule has 1 heterocycles. The van der Waals surface area contributed by atoms with Gasteiger partial charge in [-0.25, -0.2) is 4.67 Å². The van der Waals surface area contributed by atoms with Crippen molar-refractivity contribution in [2.45, 2.75) is 25.8 Å². The van der Waals surface area contributed by atoms with Crippen molar-refractivity contribution in [2.75, 3.05) is 4.67 Å². The van der Waals surface area contributed by atoms with E-state index in [0.717, 1.165) is 12.8 Å². The van der Waals surface area contributed by atoms with Gasteiger partial charge < -0.3 is 0 Å². The van der Waals surface area contributed by atoms with E-state index in [2.05, 4.69) is 127 Å². The monoisotopic (exact) mass is 408 g/mol. The van der Waals surface area contributed by atoms with Crippen LogP contribution in [-0.4, -0.2) is 6.04 Å². The standard InChI is InChI=1S/C28H27NP/c1-2-24-22-23-14-12-13-21-28(23)29(24)30(25-15-6-3-7-16-25,26-17-8-4-9-18-26)27-19-10-5-11-20-27/h3-21,24H,2,22H2,1H3/q+1. The molecule has 0 fully saturated rings. The second-order valence-electron chi connectivity index (χ2n) is 7.88. The summed E-state index contributed by atoms with van der Waals surface area (Å²) in [6.07, 6.45) is 2.24. The number of para-hydroxylation sites is 1. The van der Waals surface area contributed by atoms with Gasteiger partial charge in [0.1, 0.15) is 15.9 Å². The van der Waals surface area contributed by atoms with Crippen molar-refractivity contribution >= 4 is 29.0 Å². The van der Waals surface area contributed by atoms with Gasteiger partial charge in [-0.05, 0) is 60.9 Å². The van der Waals surface area contributed by atoms with Gasteiger partial charge >= 0.3 is 0 Å². The van der Waals surface area contributed by atoms with Crippen LogP contribution in [0.1, 0.15) is 18.9 Å². The molecular weight excluding hydrogens is 381 g/mol. The van der Waals surface area contributed by atoms with Crippen LogP contribution in [0.3, 0.4) is 0 Å². The summed E-state index contributed by atoms with van der Waals surface area (Å²) in [6, 6.07) is 43.1. The Hall–Kier alpha value is -2.89. The summed E-state index contributed by atoms with van der Waals surface area (Å²) in [5.41, 5.74) is 2.87. The van der Waals surface area contributed by atoms with E-state index in [1.807, 2.05) is 0 Å². The smallest absolute Gasteiger partial charge is 0.202 e. The van der Waals surface area contributed by atoms with Gasteiger partial charge in [-0.15, -0.1) is 0 Å². The molecule has 1 atom stereocenters. The largest absolute Gasteiger partial charge is 0.231 e. The SMILES string of the molecule is CCC1Cc2ccccc2N1[P+](c1ccccc1)(c1ccccc1)c1ccccc1. The molecule has 0 bridgehead atoms. The minimum atomic E-state index is -2.07.